The minimum atomic E-state index is -0.527. The fourth-order valence-electron chi connectivity index (χ4n) is 15.4. The SMILES string of the molecule is CC(c1ccc2c(c1)-c1ccccc1C21c2ccccc2N2c3ccccc3C(C)(C)c3cccc1c32)C(Cc1ccccc1)c1cccc2c1sc1cc(-c3cccc4oc5ccccc5c34)cc(N(c3ccccc3)c3ccccc3)c12. The largest absolute Gasteiger partial charge is 0.456 e. The van der Waals surface area contributed by atoms with Crippen LogP contribution in [0.3, 0.4) is 0 Å². The monoisotopic (exact) mass is 1090 g/mol. The Bertz CT molecular complexity index is 4920. The van der Waals surface area contributed by atoms with E-state index in [1.54, 1.807) is 0 Å². The Morgan fingerprint density at radius 2 is 1.05 bits per heavy atom. The zero-order chi connectivity index (χ0) is 55.8. The molecular weight excluding hydrogens is 1040 g/mol. The number of furan rings is 1. The molecule has 4 heterocycles. The van der Waals surface area contributed by atoms with E-state index >= 15 is 0 Å². The van der Waals surface area contributed by atoms with E-state index in [4.69, 9.17) is 4.42 Å². The van der Waals surface area contributed by atoms with Crippen LogP contribution in [0.15, 0.2) is 277 Å². The third-order valence-corrected chi connectivity index (χ3v) is 20.4. The fraction of sp³-hybridized carbons (Fsp3) is 0.100. The van der Waals surface area contributed by atoms with Crippen molar-refractivity contribution in [2.24, 2.45) is 0 Å². The highest BCUT2D eigenvalue weighted by Crippen LogP contribution is 2.67. The second-order valence-corrected chi connectivity index (χ2v) is 24.9. The van der Waals surface area contributed by atoms with Crippen LogP contribution in [0.4, 0.5) is 34.1 Å². The number of rotatable bonds is 9. The molecule has 4 heteroatoms. The van der Waals surface area contributed by atoms with Crippen LogP contribution in [0.2, 0.25) is 0 Å². The molecular formula is C80H58N2OS. The van der Waals surface area contributed by atoms with Gasteiger partial charge in [-0.25, -0.2) is 0 Å². The van der Waals surface area contributed by atoms with Crippen molar-refractivity contribution in [1.82, 2.24) is 0 Å². The zero-order valence-corrected chi connectivity index (χ0v) is 47.9. The van der Waals surface area contributed by atoms with Gasteiger partial charge in [-0.15, -0.1) is 11.3 Å². The molecule has 3 nitrogen and oxygen atoms in total. The lowest BCUT2D eigenvalue weighted by atomic mass is 9.61. The van der Waals surface area contributed by atoms with E-state index in [1.165, 1.54) is 98.4 Å². The highest BCUT2D eigenvalue weighted by Gasteiger charge is 2.54. The third-order valence-electron chi connectivity index (χ3n) is 19.2. The van der Waals surface area contributed by atoms with Crippen LogP contribution < -0.4 is 9.80 Å². The standard InChI is InChI=1S/C80H58N2OS/c1-50(52-44-45-64-62(47-52)57-30-13-15-35-63(57)80(64)66-37-17-19-41-70(66)82-69-40-18-16-36-65(69)79(2,3)67-38-23-39-68(80)77(67)82)61(46-51-24-7-4-8-25-51)58-33-21-34-60-76-71(81(54-26-9-5-10-27-54)55-28-11-6-12-29-55)48-53(49-74(76)84-78(58)60)56-32-22-43-73-75(56)59-31-14-20-42-72(59)83-73/h4-45,47-50,61H,46H2,1-3H3. The first-order chi connectivity index (χ1) is 41.4. The van der Waals surface area contributed by atoms with Gasteiger partial charge in [-0.2, -0.15) is 0 Å². The summed E-state index contributed by atoms with van der Waals surface area (Å²) < 4.78 is 9.12. The van der Waals surface area contributed by atoms with E-state index in [9.17, 15) is 0 Å². The number of anilines is 6. The molecule has 14 aromatic rings. The molecule has 3 atom stereocenters. The molecule has 84 heavy (non-hydrogen) atoms. The Hall–Kier alpha value is -9.74. The van der Waals surface area contributed by atoms with Crippen molar-refractivity contribution in [3.8, 4) is 22.3 Å². The quantitative estimate of drug-likeness (QED) is 0.144. The van der Waals surface area contributed by atoms with Crippen LogP contribution in [-0.2, 0) is 17.3 Å². The van der Waals surface area contributed by atoms with Crippen molar-refractivity contribution < 1.29 is 4.42 Å². The van der Waals surface area contributed by atoms with Gasteiger partial charge in [0.2, 0.25) is 0 Å². The number of thiophene rings is 1. The van der Waals surface area contributed by atoms with Crippen molar-refractivity contribution in [3.05, 3.63) is 323 Å². The second-order valence-electron chi connectivity index (χ2n) is 23.9. The predicted octanol–water partition coefficient (Wildman–Crippen LogP) is 22.0. The van der Waals surface area contributed by atoms with Crippen molar-refractivity contribution in [3.63, 3.8) is 0 Å². The van der Waals surface area contributed by atoms with Crippen LogP contribution >= 0.6 is 11.3 Å². The summed E-state index contributed by atoms with van der Waals surface area (Å²) in [6.45, 7) is 7.31. The van der Waals surface area contributed by atoms with Crippen LogP contribution in [0.25, 0.3) is 64.4 Å². The maximum atomic E-state index is 6.54. The van der Waals surface area contributed by atoms with Crippen LogP contribution in [0.5, 0.6) is 0 Å². The first-order valence-corrected chi connectivity index (χ1v) is 30.4. The summed E-state index contributed by atoms with van der Waals surface area (Å²) >= 11 is 1.94. The molecule has 0 fully saturated rings. The normalized spacial score (nSPS) is 15.9. The molecule has 1 aliphatic carbocycles. The number of hydrogen-bond donors (Lipinski definition) is 0. The lowest BCUT2D eigenvalue weighted by molar-refractivity contribution is 0.576. The number of benzene rings is 12. The smallest absolute Gasteiger partial charge is 0.136 e. The molecule has 0 bridgehead atoms. The van der Waals surface area contributed by atoms with E-state index in [1.807, 2.05) is 11.3 Å². The van der Waals surface area contributed by atoms with Gasteiger partial charge in [0, 0.05) is 47.7 Å². The van der Waals surface area contributed by atoms with Gasteiger partial charge in [0.05, 0.1) is 28.2 Å². The summed E-state index contributed by atoms with van der Waals surface area (Å²) in [5, 5.41) is 4.79. The van der Waals surface area contributed by atoms with Gasteiger partial charge in [-0.3, -0.25) is 0 Å². The summed E-state index contributed by atoms with van der Waals surface area (Å²) in [7, 11) is 0. The lowest BCUT2D eigenvalue weighted by Crippen LogP contribution is -2.40. The van der Waals surface area contributed by atoms with Gasteiger partial charge in [-0.05, 0) is 151 Å². The van der Waals surface area contributed by atoms with Gasteiger partial charge >= 0.3 is 0 Å². The number of nitrogens with zero attached hydrogens (tertiary/aromatic N) is 2. The predicted molar refractivity (Wildman–Crippen MR) is 352 cm³/mol. The summed E-state index contributed by atoms with van der Waals surface area (Å²) in [5.74, 6) is 0.270. The van der Waals surface area contributed by atoms with Gasteiger partial charge in [0.25, 0.3) is 0 Å². The van der Waals surface area contributed by atoms with Gasteiger partial charge in [0.15, 0.2) is 0 Å². The topological polar surface area (TPSA) is 19.6 Å². The lowest BCUT2D eigenvalue weighted by Gasteiger charge is -2.50. The molecule has 400 valence electrons. The summed E-state index contributed by atoms with van der Waals surface area (Å²) in [4.78, 5) is 5.04. The van der Waals surface area contributed by atoms with Crippen molar-refractivity contribution in [2.45, 2.75) is 49.9 Å². The average molecular weight is 1100 g/mol. The minimum Gasteiger partial charge on any atom is -0.456 e. The third kappa shape index (κ3) is 6.98. The first kappa shape index (κ1) is 48.9. The average Bonchev–Trinajstić information content (AvgIpc) is 1.37. The van der Waals surface area contributed by atoms with E-state index in [0.717, 1.165) is 56.5 Å². The van der Waals surface area contributed by atoms with E-state index < -0.39 is 5.41 Å². The van der Waals surface area contributed by atoms with Gasteiger partial charge in [-0.1, -0.05) is 233 Å². The molecule has 0 amide bonds. The number of fused-ring (bicyclic) bond motifs is 17. The Morgan fingerprint density at radius 3 is 1.83 bits per heavy atom. The molecule has 2 aliphatic heterocycles. The van der Waals surface area contributed by atoms with Crippen molar-refractivity contribution in [2.75, 3.05) is 9.80 Å². The molecule has 0 saturated heterocycles. The zero-order valence-electron chi connectivity index (χ0n) is 47.1. The van der Waals surface area contributed by atoms with Crippen LogP contribution in [-0.4, -0.2) is 0 Å². The molecule has 0 saturated carbocycles. The molecule has 12 aromatic carbocycles. The van der Waals surface area contributed by atoms with E-state index in [0.29, 0.717) is 0 Å². The van der Waals surface area contributed by atoms with Crippen molar-refractivity contribution in [1.29, 1.82) is 0 Å². The summed E-state index contributed by atoms with van der Waals surface area (Å²) in [6, 6.07) is 102. The van der Waals surface area contributed by atoms with Crippen LogP contribution in [0.1, 0.15) is 82.7 Å². The van der Waals surface area contributed by atoms with Crippen LogP contribution in [0, 0.1) is 0 Å². The van der Waals surface area contributed by atoms with Crippen molar-refractivity contribution >= 4 is 87.6 Å². The highest BCUT2D eigenvalue weighted by atomic mass is 32.1. The number of para-hydroxylation sites is 6. The second kappa shape index (κ2) is 18.6. The van der Waals surface area contributed by atoms with E-state index in [-0.39, 0.29) is 17.3 Å². The number of hydrogen-bond acceptors (Lipinski definition) is 4. The van der Waals surface area contributed by atoms with Gasteiger partial charge < -0.3 is 14.2 Å². The molecule has 2 aromatic heterocycles. The Balaban J connectivity index is 0.873. The Morgan fingerprint density at radius 1 is 0.464 bits per heavy atom. The molecule has 0 N–H and O–H groups in total. The fourth-order valence-corrected chi connectivity index (χ4v) is 16.7. The maximum Gasteiger partial charge on any atom is 0.136 e. The van der Waals surface area contributed by atoms with E-state index in [2.05, 4.69) is 304 Å². The first-order valence-electron chi connectivity index (χ1n) is 29.6. The highest BCUT2D eigenvalue weighted by molar-refractivity contribution is 7.26. The Labute approximate surface area is 494 Å². The maximum absolute atomic E-state index is 6.54. The molecule has 17 rings (SSSR count). The minimum absolute atomic E-state index is 0.133. The summed E-state index contributed by atoms with van der Waals surface area (Å²) in [6.07, 6.45) is 0.886. The molecule has 3 aliphatic rings. The molecule has 0 radical (unpaired) electrons. The summed E-state index contributed by atoms with van der Waals surface area (Å²) in [5.41, 5.74) is 25.4. The molecule has 1 spiro atoms. The van der Waals surface area contributed by atoms with Gasteiger partial charge in [0.1, 0.15) is 11.2 Å². The molecule has 3 unspecified atom stereocenters. The Kier molecular flexibility index (Phi) is 10.9.